The zero-order valence-corrected chi connectivity index (χ0v) is 8.43. The summed E-state index contributed by atoms with van der Waals surface area (Å²) in [7, 11) is 1.87. The lowest BCUT2D eigenvalue weighted by molar-refractivity contribution is 0.393. The third-order valence-corrected chi connectivity index (χ3v) is 3.18. The highest BCUT2D eigenvalue weighted by atomic mass is 32.2. The summed E-state index contributed by atoms with van der Waals surface area (Å²) in [6.45, 7) is 1.92. The lowest BCUT2D eigenvalue weighted by Crippen LogP contribution is -2.20. The predicted octanol–water partition coefficient (Wildman–Crippen LogP) is 2.98. The van der Waals surface area contributed by atoms with Crippen molar-refractivity contribution < 1.29 is 5.11 Å². The SMILES string of the molecule is CC1=C(O)N(C)c2ccccc2S1. The zero-order chi connectivity index (χ0) is 9.42. The lowest BCUT2D eigenvalue weighted by Gasteiger charge is -2.26. The maximum atomic E-state index is 9.68. The summed E-state index contributed by atoms with van der Waals surface area (Å²) in [4.78, 5) is 3.95. The van der Waals surface area contributed by atoms with Crippen molar-refractivity contribution in [1.82, 2.24) is 0 Å². The van der Waals surface area contributed by atoms with E-state index >= 15 is 0 Å². The summed E-state index contributed by atoms with van der Waals surface area (Å²) in [5.74, 6) is 0.351. The Morgan fingerprint density at radius 3 is 2.77 bits per heavy atom. The molecule has 0 unspecified atom stereocenters. The maximum absolute atomic E-state index is 9.68. The number of aliphatic hydroxyl groups is 1. The number of benzene rings is 1. The number of thioether (sulfide) groups is 1. The number of fused-ring (bicyclic) bond motifs is 1. The summed E-state index contributed by atoms with van der Waals surface area (Å²) in [5.41, 5.74) is 1.07. The number of nitrogens with zero attached hydrogens (tertiary/aromatic N) is 1. The van der Waals surface area contributed by atoms with Gasteiger partial charge in [-0.25, -0.2) is 0 Å². The molecule has 0 saturated heterocycles. The normalized spacial score (nSPS) is 16.0. The number of anilines is 1. The molecule has 0 bridgehead atoms. The van der Waals surface area contributed by atoms with Gasteiger partial charge in [0.1, 0.15) is 0 Å². The van der Waals surface area contributed by atoms with E-state index in [1.54, 1.807) is 16.7 Å². The van der Waals surface area contributed by atoms with Gasteiger partial charge < -0.3 is 10.0 Å². The molecule has 1 aromatic carbocycles. The van der Waals surface area contributed by atoms with Gasteiger partial charge in [0.2, 0.25) is 5.88 Å². The van der Waals surface area contributed by atoms with Gasteiger partial charge in [0.25, 0.3) is 0 Å². The average molecular weight is 193 g/mol. The van der Waals surface area contributed by atoms with E-state index in [9.17, 15) is 5.11 Å². The van der Waals surface area contributed by atoms with E-state index in [0.717, 1.165) is 10.6 Å². The molecule has 2 nitrogen and oxygen atoms in total. The van der Waals surface area contributed by atoms with Gasteiger partial charge in [-0.15, -0.1) is 0 Å². The first-order valence-electron chi connectivity index (χ1n) is 4.10. The number of hydrogen-bond acceptors (Lipinski definition) is 3. The molecule has 0 spiro atoms. The molecule has 0 aliphatic carbocycles. The second kappa shape index (κ2) is 3.00. The summed E-state index contributed by atoms with van der Waals surface area (Å²) in [5, 5.41) is 9.68. The standard InChI is InChI=1S/C10H11NOS/c1-7-10(12)11(2)8-5-3-4-6-9(8)13-7/h3-6,12H,1-2H3. The molecule has 0 aromatic heterocycles. The highest BCUT2D eigenvalue weighted by Crippen LogP contribution is 2.40. The Morgan fingerprint density at radius 1 is 1.31 bits per heavy atom. The Labute approximate surface area is 81.9 Å². The van der Waals surface area contributed by atoms with Gasteiger partial charge in [-0.2, -0.15) is 0 Å². The molecular weight excluding hydrogens is 182 g/mol. The van der Waals surface area contributed by atoms with Crippen molar-refractivity contribution in [2.45, 2.75) is 11.8 Å². The van der Waals surface area contributed by atoms with Crippen LogP contribution in [0.5, 0.6) is 0 Å². The second-order valence-corrected chi connectivity index (χ2v) is 4.26. The van der Waals surface area contributed by atoms with Gasteiger partial charge in [0.15, 0.2) is 0 Å². The minimum Gasteiger partial charge on any atom is -0.494 e. The van der Waals surface area contributed by atoms with Crippen LogP contribution < -0.4 is 4.90 Å². The third kappa shape index (κ3) is 1.29. The number of hydrogen-bond donors (Lipinski definition) is 1. The number of rotatable bonds is 0. The molecule has 2 rings (SSSR count). The first-order valence-corrected chi connectivity index (χ1v) is 4.92. The van der Waals surface area contributed by atoms with Gasteiger partial charge in [-0.05, 0) is 19.1 Å². The van der Waals surface area contributed by atoms with E-state index in [2.05, 4.69) is 6.07 Å². The van der Waals surface area contributed by atoms with Crippen molar-refractivity contribution in [1.29, 1.82) is 0 Å². The van der Waals surface area contributed by atoms with Crippen molar-refractivity contribution in [2.75, 3.05) is 11.9 Å². The Balaban J connectivity index is 2.52. The first-order chi connectivity index (χ1) is 6.20. The van der Waals surface area contributed by atoms with Crippen LogP contribution in [0.15, 0.2) is 39.9 Å². The fourth-order valence-electron chi connectivity index (χ4n) is 1.38. The van der Waals surface area contributed by atoms with Crippen molar-refractivity contribution in [3.05, 3.63) is 35.1 Å². The van der Waals surface area contributed by atoms with Crippen LogP contribution in [-0.2, 0) is 0 Å². The topological polar surface area (TPSA) is 23.5 Å². The van der Waals surface area contributed by atoms with E-state index in [0.29, 0.717) is 5.88 Å². The summed E-state index contributed by atoms with van der Waals surface area (Å²) in [6, 6.07) is 8.05. The number of para-hydroxylation sites is 1. The lowest BCUT2D eigenvalue weighted by atomic mass is 10.3. The molecule has 0 saturated carbocycles. The summed E-state index contributed by atoms with van der Waals surface area (Å²) < 4.78 is 0. The molecule has 1 N–H and O–H groups in total. The first kappa shape index (κ1) is 8.51. The molecule has 13 heavy (non-hydrogen) atoms. The molecule has 1 aliphatic rings. The Morgan fingerprint density at radius 2 is 2.00 bits per heavy atom. The molecule has 0 fully saturated rings. The zero-order valence-electron chi connectivity index (χ0n) is 7.61. The van der Waals surface area contributed by atoms with Gasteiger partial charge in [-0.3, -0.25) is 0 Å². The van der Waals surface area contributed by atoms with Crippen LogP contribution >= 0.6 is 11.8 Å². The molecule has 0 radical (unpaired) electrons. The van der Waals surface area contributed by atoms with Crippen LogP contribution in [0.3, 0.4) is 0 Å². The van der Waals surface area contributed by atoms with Crippen LogP contribution in [0.1, 0.15) is 6.92 Å². The van der Waals surface area contributed by atoms with E-state index in [1.165, 1.54) is 4.90 Å². The average Bonchev–Trinajstić information content (AvgIpc) is 2.15. The van der Waals surface area contributed by atoms with Crippen LogP contribution in [0.25, 0.3) is 0 Å². The van der Waals surface area contributed by atoms with Gasteiger partial charge >= 0.3 is 0 Å². The highest BCUT2D eigenvalue weighted by Gasteiger charge is 2.19. The summed E-state index contributed by atoms with van der Waals surface area (Å²) in [6.07, 6.45) is 0. The third-order valence-electron chi connectivity index (χ3n) is 2.12. The van der Waals surface area contributed by atoms with Gasteiger partial charge in [0.05, 0.1) is 5.69 Å². The molecule has 1 aliphatic heterocycles. The van der Waals surface area contributed by atoms with Crippen LogP contribution in [0.2, 0.25) is 0 Å². The Kier molecular flexibility index (Phi) is 1.96. The highest BCUT2D eigenvalue weighted by molar-refractivity contribution is 8.03. The molecule has 0 atom stereocenters. The van der Waals surface area contributed by atoms with E-state index < -0.39 is 0 Å². The Hall–Kier alpha value is -1.09. The van der Waals surface area contributed by atoms with Crippen LogP contribution in [0.4, 0.5) is 5.69 Å². The van der Waals surface area contributed by atoms with Crippen LogP contribution in [-0.4, -0.2) is 12.2 Å². The van der Waals surface area contributed by atoms with Gasteiger partial charge in [0, 0.05) is 16.8 Å². The van der Waals surface area contributed by atoms with Gasteiger partial charge in [-0.1, -0.05) is 23.9 Å². The Bertz CT molecular complexity index is 373. The number of aliphatic hydroxyl groups excluding tert-OH is 1. The van der Waals surface area contributed by atoms with Crippen molar-refractivity contribution in [2.24, 2.45) is 0 Å². The molecule has 0 amide bonds. The van der Waals surface area contributed by atoms with E-state index in [-0.39, 0.29) is 0 Å². The second-order valence-electron chi connectivity index (χ2n) is 3.01. The summed E-state index contributed by atoms with van der Waals surface area (Å²) >= 11 is 1.61. The molecule has 3 heteroatoms. The molecular formula is C10H11NOS. The van der Waals surface area contributed by atoms with E-state index in [1.807, 2.05) is 32.2 Å². The van der Waals surface area contributed by atoms with Crippen LogP contribution in [0, 0.1) is 0 Å². The molecule has 1 heterocycles. The maximum Gasteiger partial charge on any atom is 0.201 e. The predicted molar refractivity (Wildman–Crippen MR) is 56.0 cm³/mol. The monoisotopic (exact) mass is 193 g/mol. The largest absolute Gasteiger partial charge is 0.494 e. The minimum absolute atomic E-state index is 0.351. The number of allylic oxidation sites excluding steroid dienone is 1. The fourth-order valence-corrected chi connectivity index (χ4v) is 2.40. The fraction of sp³-hybridized carbons (Fsp3) is 0.200. The van der Waals surface area contributed by atoms with Crippen molar-refractivity contribution in [3.63, 3.8) is 0 Å². The molecule has 1 aromatic rings. The smallest absolute Gasteiger partial charge is 0.201 e. The van der Waals surface area contributed by atoms with E-state index in [4.69, 9.17) is 0 Å². The van der Waals surface area contributed by atoms with Crippen molar-refractivity contribution >= 4 is 17.4 Å². The quantitative estimate of drug-likeness (QED) is 0.685. The minimum atomic E-state index is 0.351. The van der Waals surface area contributed by atoms with Crippen molar-refractivity contribution in [3.8, 4) is 0 Å². The molecule has 68 valence electrons.